The summed E-state index contributed by atoms with van der Waals surface area (Å²) in [5.74, 6) is -1.38. The molecular formula is C11H7F2N3. The molecule has 0 amide bonds. The van der Waals surface area contributed by atoms with E-state index in [0.29, 0.717) is 11.4 Å². The molecule has 1 aromatic carbocycles. The zero-order valence-electron chi connectivity index (χ0n) is 8.19. The van der Waals surface area contributed by atoms with Crippen LogP contribution in [0.4, 0.5) is 8.78 Å². The highest BCUT2D eigenvalue weighted by molar-refractivity contribution is 5.55. The Morgan fingerprint density at radius 1 is 1.31 bits per heavy atom. The number of hydrogen-bond acceptors (Lipinski definition) is 2. The van der Waals surface area contributed by atoms with Crippen LogP contribution in [0, 0.1) is 23.0 Å². The Bertz CT molecular complexity index is 555. The maximum atomic E-state index is 13.0. The van der Waals surface area contributed by atoms with Crippen molar-refractivity contribution < 1.29 is 8.78 Å². The molecule has 0 aliphatic heterocycles. The maximum Gasteiger partial charge on any atom is 0.159 e. The molecule has 2 aromatic rings. The first kappa shape index (κ1) is 10.3. The topological polar surface area (TPSA) is 41.6 Å². The van der Waals surface area contributed by atoms with Gasteiger partial charge in [0.2, 0.25) is 0 Å². The average Bonchev–Trinajstić information content (AvgIpc) is 2.71. The first-order chi connectivity index (χ1) is 7.72. The van der Waals surface area contributed by atoms with Crippen LogP contribution < -0.4 is 0 Å². The molecule has 0 N–H and O–H groups in total. The van der Waals surface area contributed by atoms with Crippen LogP contribution in [0.2, 0.25) is 0 Å². The van der Waals surface area contributed by atoms with Crippen LogP contribution in [0.1, 0.15) is 0 Å². The fourth-order valence-electron chi connectivity index (χ4n) is 1.41. The Morgan fingerprint density at radius 3 is 2.81 bits per heavy atom. The predicted molar refractivity (Wildman–Crippen MR) is 53.2 cm³/mol. The van der Waals surface area contributed by atoms with Crippen LogP contribution in [-0.4, -0.2) is 9.55 Å². The fourth-order valence-corrected chi connectivity index (χ4v) is 1.41. The van der Waals surface area contributed by atoms with Crippen LogP contribution >= 0.6 is 0 Å². The molecule has 0 aliphatic rings. The van der Waals surface area contributed by atoms with Crippen molar-refractivity contribution in [2.24, 2.45) is 0 Å². The highest BCUT2D eigenvalue weighted by Crippen LogP contribution is 2.19. The number of benzene rings is 1. The second kappa shape index (κ2) is 4.11. The fraction of sp³-hybridized carbons (Fsp3) is 0.0909. The van der Waals surface area contributed by atoms with E-state index in [-0.39, 0.29) is 6.54 Å². The monoisotopic (exact) mass is 219 g/mol. The van der Waals surface area contributed by atoms with Crippen LogP contribution in [0.15, 0.2) is 30.6 Å². The van der Waals surface area contributed by atoms with E-state index in [1.807, 2.05) is 6.07 Å². The van der Waals surface area contributed by atoms with Crippen molar-refractivity contribution in [2.45, 2.75) is 6.54 Å². The van der Waals surface area contributed by atoms with E-state index in [0.717, 1.165) is 12.1 Å². The van der Waals surface area contributed by atoms with Crippen molar-refractivity contribution in [3.63, 3.8) is 0 Å². The van der Waals surface area contributed by atoms with Crippen LogP contribution in [-0.2, 0) is 6.54 Å². The summed E-state index contributed by atoms with van der Waals surface area (Å²) in [4.78, 5) is 4.00. The van der Waals surface area contributed by atoms with Crippen molar-refractivity contribution in [1.82, 2.24) is 9.55 Å². The standard InChI is InChI=1S/C11H7F2N3/c12-9-2-1-8(7-10(9)13)11-15-4-6-16(11)5-3-14/h1-2,4,6-7H,5H2. The average molecular weight is 219 g/mol. The molecule has 1 heterocycles. The van der Waals surface area contributed by atoms with E-state index in [9.17, 15) is 8.78 Å². The Labute approximate surface area is 90.6 Å². The molecule has 3 nitrogen and oxygen atoms in total. The molecular weight excluding hydrogens is 212 g/mol. The highest BCUT2D eigenvalue weighted by Gasteiger charge is 2.08. The summed E-state index contributed by atoms with van der Waals surface area (Å²) in [5.41, 5.74) is 0.444. The third-order valence-corrected chi connectivity index (χ3v) is 2.13. The van der Waals surface area contributed by atoms with E-state index in [1.165, 1.54) is 12.3 Å². The molecule has 80 valence electrons. The van der Waals surface area contributed by atoms with Crippen LogP contribution in [0.5, 0.6) is 0 Å². The van der Waals surface area contributed by atoms with Gasteiger partial charge in [0.25, 0.3) is 0 Å². The second-order valence-electron chi connectivity index (χ2n) is 3.17. The largest absolute Gasteiger partial charge is 0.317 e. The predicted octanol–water partition coefficient (Wildman–Crippen LogP) is 2.35. The summed E-state index contributed by atoms with van der Waals surface area (Å²) < 4.78 is 27.3. The van der Waals surface area contributed by atoms with E-state index in [2.05, 4.69) is 4.98 Å². The summed E-state index contributed by atoms with van der Waals surface area (Å²) >= 11 is 0. The molecule has 0 radical (unpaired) electrons. The summed E-state index contributed by atoms with van der Waals surface area (Å²) in [7, 11) is 0. The van der Waals surface area contributed by atoms with E-state index < -0.39 is 11.6 Å². The smallest absolute Gasteiger partial charge is 0.159 e. The molecule has 0 saturated carbocycles. The molecule has 5 heteroatoms. The van der Waals surface area contributed by atoms with Crippen molar-refractivity contribution in [3.05, 3.63) is 42.2 Å². The van der Waals surface area contributed by atoms with Crippen molar-refractivity contribution in [1.29, 1.82) is 5.26 Å². The van der Waals surface area contributed by atoms with Crippen LogP contribution in [0.25, 0.3) is 11.4 Å². The molecule has 0 bridgehead atoms. The Morgan fingerprint density at radius 2 is 2.12 bits per heavy atom. The molecule has 2 rings (SSSR count). The molecule has 1 aromatic heterocycles. The number of imidazole rings is 1. The zero-order valence-corrected chi connectivity index (χ0v) is 8.19. The van der Waals surface area contributed by atoms with Gasteiger partial charge in [0.1, 0.15) is 12.4 Å². The van der Waals surface area contributed by atoms with Gasteiger partial charge in [-0.25, -0.2) is 13.8 Å². The number of halogens is 2. The van der Waals surface area contributed by atoms with Gasteiger partial charge >= 0.3 is 0 Å². The van der Waals surface area contributed by atoms with E-state index >= 15 is 0 Å². The van der Waals surface area contributed by atoms with Gasteiger partial charge in [0.15, 0.2) is 11.6 Å². The maximum absolute atomic E-state index is 13.0. The number of nitrogens with zero attached hydrogens (tertiary/aromatic N) is 3. The minimum absolute atomic E-state index is 0.119. The van der Waals surface area contributed by atoms with Gasteiger partial charge in [-0.05, 0) is 18.2 Å². The Balaban J connectivity index is 2.47. The van der Waals surface area contributed by atoms with Gasteiger partial charge in [0.05, 0.1) is 6.07 Å². The molecule has 16 heavy (non-hydrogen) atoms. The Kier molecular flexibility index (Phi) is 2.64. The number of nitriles is 1. The van der Waals surface area contributed by atoms with Gasteiger partial charge < -0.3 is 4.57 Å². The third-order valence-electron chi connectivity index (χ3n) is 2.13. The second-order valence-corrected chi connectivity index (χ2v) is 3.17. The Hall–Kier alpha value is -2.22. The van der Waals surface area contributed by atoms with E-state index in [4.69, 9.17) is 5.26 Å². The lowest BCUT2D eigenvalue weighted by Crippen LogP contribution is -1.98. The van der Waals surface area contributed by atoms with Gasteiger partial charge in [-0.15, -0.1) is 0 Å². The lowest BCUT2D eigenvalue weighted by atomic mass is 10.2. The molecule has 0 aliphatic carbocycles. The van der Waals surface area contributed by atoms with E-state index in [1.54, 1.807) is 10.8 Å². The summed E-state index contributed by atoms with van der Waals surface area (Å²) in [6, 6.07) is 5.49. The van der Waals surface area contributed by atoms with Crippen molar-refractivity contribution >= 4 is 0 Å². The van der Waals surface area contributed by atoms with Crippen LogP contribution in [0.3, 0.4) is 0 Å². The van der Waals surface area contributed by atoms with Gasteiger partial charge in [-0.3, -0.25) is 0 Å². The number of hydrogen-bond donors (Lipinski definition) is 0. The lowest BCUT2D eigenvalue weighted by Gasteiger charge is -2.03. The zero-order chi connectivity index (χ0) is 11.5. The first-order valence-electron chi connectivity index (χ1n) is 4.56. The number of rotatable bonds is 2. The molecule has 0 saturated heterocycles. The molecule has 0 atom stereocenters. The minimum Gasteiger partial charge on any atom is -0.317 e. The summed E-state index contributed by atoms with van der Waals surface area (Å²) in [6.07, 6.45) is 3.12. The first-order valence-corrected chi connectivity index (χ1v) is 4.56. The molecule has 0 unspecified atom stereocenters. The quantitative estimate of drug-likeness (QED) is 0.777. The summed E-state index contributed by atoms with van der Waals surface area (Å²) in [5, 5.41) is 8.58. The van der Waals surface area contributed by atoms with Crippen molar-refractivity contribution in [3.8, 4) is 17.5 Å². The summed E-state index contributed by atoms with van der Waals surface area (Å²) in [6.45, 7) is 0.119. The lowest BCUT2D eigenvalue weighted by molar-refractivity contribution is 0.509. The normalized spacial score (nSPS) is 10.1. The third kappa shape index (κ3) is 1.77. The highest BCUT2D eigenvalue weighted by atomic mass is 19.2. The van der Waals surface area contributed by atoms with Gasteiger partial charge in [-0.2, -0.15) is 5.26 Å². The SMILES string of the molecule is N#CCn1ccnc1-c1ccc(F)c(F)c1. The van der Waals surface area contributed by atoms with Crippen molar-refractivity contribution in [2.75, 3.05) is 0 Å². The molecule has 0 spiro atoms. The van der Waals surface area contributed by atoms with Gasteiger partial charge in [0, 0.05) is 18.0 Å². The minimum atomic E-state index is -0.927. The molecule has 0 fully saturated rings. The number of aromatic nitrogens is 2. The van der Waals surface area contributed by atoms with Gasteiger partial charge in [-0.1, -0.05) is 0 Å².